The van der Waals surface area contributed by atoms with Crippen molar-refractivity contribution in [2.45, 2.75) is 58.6 Å². The Morgan fingerprint density at radius 2 is 1.90 bits per heavy atom. The summed E-state index contributed by atoms with van der Waals surface area (Å²) in [5, 5.41) is 2.95. The Bertz CT molecular complexity index is 533. The molecule has 1 amide bonds. The second-order valence-electron chi connectivity index (χ2n) is 5.86. The molecule has 2 rings (SSSR count). The summed E-state index contributed by atoms with van der Waals surface area (Å²) in [4.78, 5) is 24.2. The molecule has 1 aliphatic carbocycles. The van der Waals surface area contributed by atoms with Crippen molar-refractivity contribution < 1.29 is 14.3 Å². The van der Waals surface area contributed by atoms with Crippen molar-refractivity contribution in [3.05, 3.63) is 34.9 Å². The molecule has 4 nitrogen and oxygen atoms in total. The molecule has 1 aliphatic rings. The highest BCUT2D eigenvalue weighted by Gasteiger charge is 2.24. The van der Waals surface area contributed by atoms with Gasteiger partial charge in [-0.25, -0.2) is 4.79 Å². The average molecular weight is 289 g/mol. The van der Waals surface area contributed by atoms with E-state index in [1.165, 1.54) is 0 Å². The first-order chi connectivity index (χ1) is 9.97. The Balaban J connectivity index is 1.94. The molecule has 1 aromatic rings. The van der Waals surface area contributed by atoms with Crippen molar-refractivity contribution >= 4 is 11.9 Å². The molecule has 0 radical (unpaired) electrons. The van der Waals surface area contributed by atoms with Crippen LogP contribution in [0.2, 0.25) is 0 Å². The summed E-state index contributed by atoms with van der Waals surface area (Å²) in [7, 11) is 0. The fraction of sp³-hybridized carbons (Fsp3) is 0.529. The van der Waals surface area contributed by atoms with Crippen LogP contribution in [0.3, 0.4) is 0 Å². The Labute approximate surface area is 125 Å². The Kier molecular flexibility index (Phi) is 4.99. The number of ether oxygens (including phenoxy) is 1. The molecule has 21 heavy (non-hydrogen) atoms. The van der Waals surface area contributed by atoms with Gasteiger partial charge >= 0.3 is 5.97 Å². The zero-order valence-electron chi connectivity index (χ0n) is 12.9. The third kappa shape index (κ3) is 4.06. The van der Waals surface area contributed by atoms with Crippen LogP contribution < -0.4 is 5.32 Å². The maximum Gasteiger partial charge on any atom is 0.339 e. The van der Waals surface area contributed by atoms with Crippen LogP contribution in [0.4, 0.5) is 0 Å². The monoisotopic (exact) mass is 289 g/mol. The van der Waals surface area contributed by atoms with Gasteiger partial charge in [-0.1, -0.05) is 30.5 Å². The SMILES string of the molecule is Cc1ccc(C)c(C(=O)O[C@@H](C)C(=O)NC2CCCC2)c1. The lowest BCUT2D eigenvalue weighted by atomic mass is 10.1. The van der Waals surface area contributed by atoms with E-state index in [1.807, 2.05) is 26.0 Å². The van der Waals surface area contributed by atoms with E-state index in [1.54, 1.807) is 13.0 Å². The van der Waals surface area contributed by atoms with Crippen LogP contribution >= 0.6 is 0 Å². The highest BCUT2D eigenvalue weighted by molar-refractivity contribution is 5.93. The van der Waals surface area contributed by atoms with E-state index in [9.17, 15) is 9.59 Å². The van der Waals surface area contributed by atoms with E-state index in [0.29, 0.717) is 5.56 Å². The van der Waals surface area contributed by atoms with Gasteiger partial charge in [0, 0.05) is 6.04 Å². The Hall–Kier alpha value is -1.84. The lowest BCUT2D eigenvalue weighted by molar-refractivity contribution is -0.129. The summed E-state index contributed by atoms with van der Waals surface area (Å²) in [5.74, 6) is -0.647. The first-order valence-corrected chi connectivity index (χ1v) is 7.56. The molecule has 0 spiro atoms. The van der Waals surface area contributed by atoms with E-state index in [0.717, 1.165) is 36.8 Å². The van der Waals surface area contributed by atoms with Crippen molar-refractivity contribution in [1.29, 1.82) is 0 Å². The number of aryl methyl sites for hydroxylation is 2. The molecule has 1 aromatic carbocycles. The highest BCUT2D eigenvalue weighted by atomic mass is 16.5. The lowest BCUT2D eigenvalue weighted by Crippen LogP contribution is -2.40. The minimum Gasteiger partial charge on any atom is -0.449 e. The van der Waals surface area contributed by atoms with Crippen LogP contribution in [-0.2, 0) is 9.53 Å². The van der Waals surface area contributed by atoms with Crippen LogP contribution in [0.15, 0.2) is 18.2 Å². The molecule has 0 aliphatic heterocycles. The van der Waals surface area contributed by atoms with Gasteiger partial charge in [0.1, 0.15) is 0 Å². The van der Waals surface area contributed by atoms with E-state index >= 15 is 0 Å². The summed E-state index contributed by atoms with van der Waals surface area (Å²) in [6.07, 6.45) is 3.58. The zero-order valence-corrected chi connectivity index (χ0v) is 12.9. The molecule has 0 unspecified atom stereocenters. The van der Waals surface area contributed by atoms with Gasteiger partial charge in [-0.15, -0.1) is 0 Å². The number of carbonyl (C=O) groups is 2. The smallest absolute Gasteiger partial charge is 0.339 e. The van der Waals surface area contributed by atoms with Gasteiger partial charge in [0.2, 0.25) is 0 Å². The Morgan fingerprint density at radius 3 is 2.57 bits per heavy atom. The third-order valence-electron chi connectivity index (χ3n) is 3.97. The fourth-order valence-corrected chi connectivity index (χ4v) is 2.62. The van der Waals surface area contributed by atoms with Gasteiger partial charge < -0.3 is 10.1 Å². The standard InChI is InChI=1S/C17H23NO3/c1-11-8-9-12(2)15(10-11)17(20)21-13(3)16(19)18-14-6-4-5-7-14/h8-10,13-14H,4-7H2,1-3H3,(H,18,19)/t13-/m0/s1. The number of hydrogen-bond acceptors (Lipinski definition) is 3. The quantitative estimate of drug-likeness (QED) is 0.867. The minimum absolute atomic E-state index is 0.208. The van der Waals surface area contributed by atoms with Crippen LogP contribution in [-0.4, -0.2) is 24.0 Å². The third-order valence-corrected chi connectivity index (χ3v) is 3.97. The number of rotatable bonds is 4. The fourth-order valence-electron chi connectivity index (χ4n) is 2.62. The van der Waals surface area contributed by atoms with Crippen molar-refractivity contribution in [3.8, 4) is 0 Å². The molecule has 1 atom stereocenters. The van der Waals surface area contributed by atoms with Gasteiger partial charge in [-0.2, -0.15) is 0 Å². The number of carbonyl (C=O) groups excluding carboxylic acids is 2. The number of nitrogens with one attached hydrogen (secondary N) is 1. The first kappa shape index (κ1) is 15.5. The zero-order chi connectivity index (χ0) is 15.4. The maximum atomic E-state index is 12.2. The molecule has 1 saturated carbocycles. The number of benzene rings is 1. The largest absolute Gasteiger partial charge is 0.449 e. The van der Waals surface area contributed by atoms with Gasteiger partial charge in [0.25, 0.3) is 5.91 Å². The summed E-state index contributed by atoms with van der Waals surface area (Å²) in [5.41, 5.74) is 2.38. The molecular weight excluding hydrogens is 266 g/mol. The van der Waals surface area contributed by atoms with Crippen LogP contribution in [0.1, 0.15) is 54.1 Å². The molecule has 0 aromatic heterocycles. The second-order valence-corrected chi connectivity index (χ2v) is 5.86. The van der Waals surface area contributed by atoms with Crippen LogP contribution in [0, 0.1) is 13.8 Å². The van der Waals surface area contributed by atoms with E-state index in [-0.39, 0.29) is 11.9 Å². The normalized spacial score (nSPS) is 16.5. The van der Waals surface area contributed by atoms with Crippen molar-refractivity contribution in [3.63, 3.8) is 0 Å². The van der Waals surface area contributed by atoms with Gasteiger partial charge in [-0.05, 0) is 45.2 Å². The van der Waals surface area contributed by atoms with Gasteiger partial charge in [0.05, 0.1) is 5.56 Å². The molecule has 1 fully saturated rings. The van der Waals surface area contributed by atoms with E-state index < -0.39 is 12.1 Å². The van der Waals surface area contributed by atoms with Crippen LogP contribution in [0.5, 0.6) is 0 Å². The number of hydrogen-bond donors (Lipinski definition) is 1. The lowest BCUT2D eigenvalue weighted by Gasteiger charge is -2.17. The van der Waals surface area contributed by atoms with Gasteiger partial charge in [0.15, 0.2) is 6.10 Å². The number of esters is 1. The van der Waals surface area contributed by atoms with Crippen molar-refractivity contribution in [2.75, 3.05) is 0 Å². The molecule has 0 heterocycles. The van der Waals surface area contributed by atoms with Crippen LogP contribution in [0.25, 0.3) is 0 Å². The van der Waals surface area contributed by atoms with E-state index in [4.69, 9.17) is 4.74 Å². The predicted octanol–water partition coefficient (Wildman–Crippen LogP) is 2.91. The Morgan fingerprint density at radius 1 is 1.24 bits per heavy atom. The van der Waals surface area contributed by atoms with E-state index in [2.05, 4.69) is 5.32 Å². The molecule has 1 N–H and O–H groups in total. The second kappa shape index (κ2) is 6.74. The maximum absolute atomic E-state index is 12.2. The minimum atomic E-state index is -0.766. The predicted molar refractivity (Wildman–Crippen MR) is 81.2 cm³/mol. The first-order valence-electron chi connectivity index (χ1n) is 7.56. The topological polar surface area (TPSA) is 55.4 Å². The summed E-state index contributed by atoms with van der Waals surface area (Å²) >= 11 is 0. The number of amides is 1. The van der Waals surface area contributed by atoms with Crippen molar-refractivity contribution in [2.24, 2.45) is 0 Å². The summed E-state index contributed by atoms with van der Waals surface area (Å²) in [6, 6.07) is 5.86. The molecule has 114 valence electrons. The van der Waals surface area contributed by atoms with Gasteiger partial charge in [-0.3, -0.25) is 4.79 Å². The molecule has 4 heteroatoms. The summed E-state index contributed by atoms with van der Waals surface area (Å²) < 4.78 is 5.29. The molecule has 0 bridgehead atoms. The summed E-state index contributed by atoms with van der Waals surface area (Å²) in [6.45, 7) is 5.40. The average Bonchev–Trinajstić information content (AvgIpc) is 2.94. The highest BCUT2D eigenvalue weighted by Crippen LogP contribution is 2.18. The molecule has 0 saturated heterocycles. The molecular formula is C17H23NO3. The van der Waals surface area contributed by atoms with Crippen molar-refractivity contribution in [1.82, 2.24) is 5.32 Å².